The summed E-state index contributed by atoms with van der Waals surface area (Å²) in [5.74, 6) is -10.3. The highest BCUT2D eigenvalue weighted by Gasteiger charge is 2.50. The fourth-order valence-corrected chi connectivity index (χ4v) is 5.92. The van der Waals surface area contributed by atoms with E-state index in [-0.39, 0.29) is 0 Å². The Kier molecular flexibility index (Phi) is 10.8. The van der Waals surface area contributed by atoms with E-state index < -0.39 is 133 Å². The van der Waals surface area contributed by atoms with Crippen LogP contribution in [0, 0.1) is 114 Å². The van der Waals surface area contributed by atoms with E-state index in [1.807, 2.05) is 0 Å². The molecule has 2 aromatic carbocycles. The average molecular weight is 757 g/mol. The molecule has 0 saturated carbocycles. The Morgan fingerprint density at radius 1 is 0.426 bits per heavy atom. The standard InChI is InChI=1S/C33H7F12N9/c34-30(35,36)23-2-25(32(40,41)42)28(20(10-52)16(23)6-48)18(8-50)14-1-13(4-46)27(19(9-51)15(14)5-47)22(12-54)29-21(11-53)17(7-49)24(31(37,38)39)3-26(29)33(43,44)45/h1-3,14,18,22,27H. The van der Waals surface area contributed by atoms with Gasteiger partial charge in [0.25, 0.3) is 0 Å². The van der Waals surface area contributed by atoms with Crippen LogP contribution in [-0.2, 0) is 24.7 Å². The maximum atomic E-state index is 14.4. The molecule has 0 amide bonds. The molecule has 54 heavy (non-hydrogen) atoms. The summed E-state index contributed by atoms with van der Waals surface area (Å²) in [4.78, 5) is 0. The van der Waals surface area contributed by atoms with Crippen LogP contribution in [-0.4, -0.2) is 0 Å². The van der Waals surface area contributed by atoms with Crippen molar-refractivity contribution in [2.45, 2.75) is 36.5 Å². The number of nitrogens with zero attached hydrogens (tertiary/aromatic N) is 9. The monoisotopic (exact) mass is 757 g/mol. The Morgan fingerprint density at radius 2 is 0.778 bits per heavy atom. The van der Waals surface area contributed by atoms with Gasteiger partial charge >= 0.3 is 24.7 Å². The molecule has 1 aliphatic carbocycles. The Morgan fingerprint density at radius 3 is 1.06 bits per heavy atom. The molecular formula is C33H7F12N9. The summed E-state index contributed by atoms with van der Waals surface area (Å²) in [6.45, 7) is 0. The van der Waals surface area contributed by atoms with Gasteiger partial charge in [-0.15, -0.1) is 0 Å². The minimum atomic E-state index is -5.86. The van der Waals surface area contributed by atoms with Crippen molar-refractivity contribution in [2.24, 2.45) is 11.8 Å². The van der Waals surface area contributed by atoms with Crippen molar-refractivity contribution < 1.29 is 52.7 Å². The van der Waals surface area contributed by atoms with Gasteiger partial charge in [-0.05, 0) is 12.1 Å². The molecule has 1 aliphatic rings. The highest BCUT2D eigenvalue weighted by atomic mass is 19.4. The largest absolute Gasteiger partial charge is 0.417 e. The molecule has 2 aromatic rings. The molecule has 0 spiro atoms. The van der Waals surface area contributed by atoms with Crippen LogP contribution in [0.25, 0.3) is 0 Å². The summed E-state index contributed by atoms with van der Waals surface area (Å²) in [6, 6.07) is 8.83. The molecule has 4 unspecified atom stereocenters. The molecule has 0 N–H and O–H groups in total. The summed E-state index contributed by atoms with van der Waals surface area (Å²) >= 11 is 0. The molecule has 0 radical (unpaired) electrons. The fourth-order valence-electron chi connectivity index (χ4n) is 5.92. The van der Waals surface area contributed by atoms with Crippen molar-refractivity contribution in [3.63, 3.8) is 0 Å². The van der Waals surface area contributed by atoms with E-state index >= 15 is 0 Å². The molecule has 0 saturated heterocycles. The van der Waals surface area contributed by atoms with Gasteiger partial charge in [-0.1, -0.05) is 6.08 Å². The number of rotatable bonds is 4. The lowest BCUT2D eigenvalue weighted by molar-refractivity contribution is -0.145. The van der Waals surface area contributed by atoms with Crippen molar-refractivity contribution in [1.29, 1.82) is 47.4 Å². The van der Waals surface area contributed by atoms with Crippen LogP contribution in [0.3, 0.4) is 0 Å². The first kappa shape index (κ1) is 40.9. The average Bonchev–Trinajstić information content (AvgIpc) is 3.08. The minimum absolute atomic E-state index is 0.363. The second-order valence-corrected chi connectivity index (χ2v) is 10.7. The summed E-state index contributed by atoms with van der Waals surface area (Å²) in [6.07, 6.45) is -22.7. The van der Waals surface area contributed by atoms with Crippen molar-refractivity contribution in [3.05, 3.63) is 90.6 Å². The minimum Gasteiger partial charge on any atom is -0.198 e. The summed E-state index contributed by atoms with van der Waals surface area (Å²) < 4.78 is 169. The van der Waals surface area contributed by atoms with Gasteiger partial charge in [0.1, 0.15) is 24.3 Å². The van der Waals surface area contributed by atoms with Crippen LogP contribution in [0.4, 0.5) is 52.7 Å². The van der Waals surface area contributed by atoms with Crippen molar-refractivity contribution in [2.75, 3.05) is 0 Å². The van der Waals surface area contributed by atoms with Crippen LogP contribution in [0.5, 0.6) is 0 Å². The molecule has 0 heterocycles. The number of alkyl halides is 12. The van der Waals surface area contributed by atoms with Gasteiger partial charge in [-0.25, -0.2) is 0 Å². The van der Waals surface area contributed by atoms with Crippen LogP contribution < -0.4 is 0 Å². The Bertz CT molecular complexity index is 2420. The Balaban J connectivity index is 2.59. The first-order chi connectivity index (χ1) is 25.0. The first-order valence-corrected chi connectivity index (χ1v) is 13.7. The molecule has 268 valence electrons. The first-order valence-electron chi connectivity index (χ1n) is 13.7. The van der Waals surface area contributed by atoms with Gasteiger partial charge in [-0.2, -0.15) is 100 Å². The van der Waals surface area contributed by atoms with Crippen LogP contribution in [0.15, 0.2) is 34.9 Å². The van der Waals surface area contributed by atoms with E-state index in [0.29, 0.717) is 6.08 Å². The molecule has 21 heteroatoms. The number of allylic oxidation sites excluding steroid dienone is 4. The second-order valence-electron chi connectivity index (χ2n) is 10.7. The van der Waals surface area contributed by atoms with E-state index in [1.54, 1.807) is 0 Å². The van der Waals surface area contributed by atoms with Gasteiger partial charge < -0.3 is 0 Å². The van der Waals surface area contributed by atoms with E-state index in [2.05, 4.69) is 0 Å². The third-order valence-electron chi connectivity index (χ3n) is 8.00. The van der Waals surface area contributed by atoms with Crippen LogP contribution in [0.2, 0.25) is 0 Å². The molecule has 9 nitrogen and oxygen atoms in total. The normalized spacial score (nSPS) is 17.0. The number of hydrogen-bond acceptors (Lipinski definition) is 9. The third kappa shape index (κ3) is 6.89. The molecule has 0 aliphatic heterocycles. The van der Waals surface area contributed by atoms with Crippen molar-refractivity contribution in [3.8, 4) is 54.6 Å². The lowest BCUT2D eigenvalue weighted by atomic mass is 9.65. The highest BCUT2D eigenvalue weighted by molar-refractivity contribution is 5.66. The quantitative estimate of drug-likeness (QED) is 0.274. The van der Waals surface area contributed by atoms with Gasteiger partial charge in [0.2, 0.25) is 0 Å². The Hall–Kier alpha value is -7.51. The number of hydrogen-bond donors (Lipinski definition) is 0. The molecule has 0 bridgehead atoms. The van der Waals surface area contributed by atoms with Crippen LogP contribution >= 0.6 is 0 Å². The second kappa shape index (κ2) is 14.3. The molecule has 3 rings (SSSR count). The van der Waals surface area contributed by atoms with Gasteiger partial charge in [0.05, 0.1) is 97.8 Å². The van der Waals surface area contributed by atoms with Crippen molar-refractivity contribution in [1.82, 2.24) is 0 Å². The summed E-state index contributed by atoms with van der Waals surface area (Å²) in [5.41, 5.74) is -23.0. The summed E-state index contributed by atoms with van der Waals surface area (Å²) in [7, 11) is 0. The molecular weight excluding hydrogens is 750 g/mol. The van der Waals surface area contributed by atoms with Gasteiger partial charge in [-0.3, -0.25) is 0 Å². The zero-order valence-corrected chi connectivity index (χ0v) is 25.6. The number of benzene rings is 2. The van der Waals surface area contributed by atoms with E-state index in [9.17, 15) is 100 Å². The van der Waals surface area contributed by atoms with Crippen molar-refractivity contribution >= 4 is 0 Å². The highest BCUT2D eigenvalue weighted by Crippen LogP contribution is 2.52. The number of nitriles is 9. The zero-order chi connectivity index (χ0) is 41.3. The Labute approximate surface area is 293 Å². The SMILES string of the molecule is N#CC1=CC(C(C#N)c2c(C(F)(F)F)cc(C(F)(F)F)c(C#N)c2C#N)C(C#N)=C(C#N)C1C(C#N)c1c(C(F)(F)F)cc(C(F)(F)F)c(C#N)c1C#N. The summed E-state index contributed by atoms with van der Waals surface area (Å²) in [5, 5.41) is 88.9. The number of halogens is 12. The fraction of sp³-hybridized carbons (Fsp3) is 0.242. The zero-order valence-electron chi connectivity index (χ0n) is 25.6. The molecule has 0 fully saturated rings. The van der Waals surface area contributed by atoms with Gasteiger partial charge in [0.15, 0.2) is 0 Å². The van der Waals surface area contributed by atoms with E-state index in [1.165, 1.54) is 30.3 Å². The van der Waals surface area contributed by atoms with Gasteiger partial charge in [0, 0.05) is 28.5 Å². The third-order valence-corrected chi connectivity index (χ3v) is 8.00. The maximum Gasteiger partial charge on any atom is 0.417 e. The topological polar surface area (TPSA) is 214 Å². The molecule has 4 atom stereocenters. The predicted molar refractivity (Wildman–Crippen MR) is 147 cm³/mol. The predicted octanol–water partition coefficient (Wildman–Crippen LogP) is 8.20. The van der Waals surface area contributed by atoms with Crippen LogP contribution in [0.1, 0.15) is 67.5 Å². The van der Waals surface area contributed by atoms with E-state index in [0.717, 1.165) is 24.3 Å². The maximum absolute atomic E-state index is 14.4. The molecule has 0 aromatic heterocycles. The smallest absolute Gasteiger partial charge is 0.198 e. The lowest BCUT2D eigenvalue weighted by Crippen LogP contribution is -2.29. The van der Waals surface area contributed by atoms with E-state index in [4.69, 9.17) is 0 Å². The lowest BCUT2D eigenvalue weighted by Gasteiger charge is -2.33.